The number of carbonyl (C=O) groups excluding carboxylic acids is 1. The number of nitrogens with zero attached hydrogens (tertiary/aromatic N) is 4. The van der Waals surface area contributed by atoms with Crippen LogP contribution in [0, 0.1) is 0 Å². The first-order valence-corrected chi connectivity index (χ1v) is 8.45. The van der Waals surface area contributed by atoms with Crippen molar-refractivity contribution < 1.29 is 14.3 Å². The summed E-state index contributed by atoms with van der Waals surface area (Å²) in [6.45, 7) is -0.233. The third kappa shape index (κ3) is 3.02. The lowest BCUT2D eigenvalue weighted by atomic mass is 10.2. The predicted molar refractivity (Wildman–Crippen MR) is 103 cm³/mol. The summed E-state index contributed by atoms with van der Waals surface area (Å²) in [6.07, 6.45) is 1.41. The summed E-state index contributed by atoms with van der Waals surface area (Å²) in [4.78, 5) is 29.2. The fourth-order valence-corrected chi connectivity index (χ4v) is 2.96. The molecule has 4 aromatic rings. The number of methoxy groups -OCH3 is 2. The topological polar surface area (TPSA) is 99.7 Å². The molecule has 0 saturated carbocycles. The van der Waals surface area contributed by atoms with Crippen LogP contribution in [0.3, 0.4) is 0 Å². The third-order valence-electron chi connectivity index (χ3n) is 4.29. The van der Waals surface area contributed by atoms with Gasteiger partial charge in [-0.2, -0.15) is 0 Å². The summed E-state index contributed by atoms with van der Waals surface area (Å²) in [7, 11) is 3.04. The molecule has 2 aromatic carbocycles. The minimum Gasteiger partial charge on any atom is -0.493 e. The number of rotatable bonds is 5. The van der Waals surface area contributed by atoms with Crippen molar-refractivity contribution in [3.8, 4) is 11.5 Å². The maximum atomic E-state index is 12.6. The molecule has 0 radical (unpaired) electrons. The quantitative estimate of drug-likeness (QED) is 0.567. The first-order valence-electron chi connectivity index (χ1n) is 8.45. The number of hydrogen-bond donors (Lipinski definition) is 1. The Kier molecular flexibility index (Phi) is 4.40. The van der Waals surface area contributed by atoms with Gasteiger partial charge in [-0.15, -0.1) is 5.10 Å². The molecule has 0 aliphatic rings. The Labute approximate surface area is 159 Å². The fourth-order valence-electron chi connectivity index (χ4n) is 2.96. The predicted octanol–water partition coefficient (Wildman–Crippen LogP) is 1.70. The number of carbonyl (C=O) groups is 1. The van der Waals surface area contributed by atoms with Gasteiger partial charge in [0.05, 0.1) is 19.7 Å². The van der Waals surface area contributed by atoms with Gasteiger partial charge in [0.1, 0.15) is 12.9 Å². The molecule has 0 spiro atoms. The summed E-state index contributed by atoms with van der Waals surface area (Å²) in [6, 6.07) is 12.4. The van der Waals surface area contributed by atoms with Crippen LogP contribution in [0.5, 0.6) is 11.5 Å². The average Bonchev–Trinajstić information content (AvgIpc) is 3.03. The number of para-hydroxylation sites is 1. The van der Waals surface area contributed by atoms with Crippen LogP contribution >= 0.6 is 0 Å². The van der Waals surface area contributed by atoms with Crippen molar-refractivity contribution in [2.24, 2.45) is 0 Å². The van der Waals surface area contributed by atoms with Crippen LogP contribution in [-0.4, -0.2) is 39.3 Å². The van der Waals surface area contributed by atoms with E-state index in [1.54, 1.807) is 18.2 Å². The number of amides is 1. The van der Waals surface area contributed by atoms with Crippen molar-refractivity contribution >= 4 is 28.1 Å². The van der Waals surface area contributed by atoms with Gasteiger partial charge in [0.25, 0.3) is 0 Å². The van der Waals surface area contributed by atoms with Crippen LogP contribution in [0.1, 0.15) is 0 Å². The summed E-state index contributed by atoms with van der Waals surface area (Å²) in [5, 5.41) is 7.77. The highest BCUT2D eigenvalue weighted by atomic mass is 16.5. The molecule has 0 saturated heterocycles. The zero-order valence-corrected chi connectivity index (χ0v) is 15.2. The van der Waals surface area contributed by atoms with Crippen molar-refractivity contribution in [3.05, 3.63) is 59.3 Å². The van der Waals surface area contributed by atoms with E-state index in [1.165, 1.54) is 24.9 Å². The largest absolute Gasteiger partial charge is 0.493 e. The van der Waals surface area contributed by atoms with Crippen LogP contribution in [0.4, 0.5) is 5.69 Å². The van der Waals surface area contributed by atoms with Gasteiger partial charge >= 0.3 is 5.69 Å². The monoisotopic (exact) mass is 379 g/mol. The van der Waals surface area contributed by atoms with Crippen molar-refractivity contribution in [2.75, 3.05) is 19.5 Å². The van der Waals surface area contributed by atoms with Crippen molar-refractivity contribution in [2.45, 2.75) is 6.54 Å². The number of nitrogens with one attached hydrogen (secondary N) is 1. The van der Waals surface area contributed by atoms with Gasteiger partial charge in [-0.3, -0.25) is 4.79 Å². The molecule has 0 bridgehead atoms. The number of benzene rings is 2. The Hall–Kier alpha value is -3.88. The molecule has 2 heterocycles. The lowest BCUT2D eigenvalue weighted by Crippen LogP contribution is -2.28. The van der Waals surface area contributed by atoms with Gasteiger partial charge in [0.15, 0.2) is 17.1 Å². The van der Waals surface area contributed by atoms with Crippen LogP contribution in [0.15, 0.2) is 53.6 Å². The molecule has 2 aromatic heterocycles. The molecular weight excluding hydrogens is 362 g/mol. The average molecular weight is 379 g/mol. The van der Waals surface area contributed by atoms with E-state index in [-0.39, 0.29) is 6.54 Å². The molecule has 142 valence electrons. The maximum Gasteiger partial charge on any atom is 0.352 e. The van der Waals surface area contributed by atoms with Crippen LogP contribution in [0.2, 0.25) is 0 Å². The second-order valence-corrected chi connectivity index (χ2v) is 6.01. The van der Waals surface area contributed by atoms with Crippen LogP contribution < -0.4 is 20.5 Å². The number of hydrogen-bond acceptors (Lipinski definition) is 6. The zero-order valence-electron chi connectivity index (χ0n) is 15.2. The molecule has 0 aliphatic carbocycles. The highest BCUT2D eigenvalue weighted by Gasteiger charge is 2.14. The van der Waals surface area contributed by atoms with E-state index in [1.807, 2.05) is 24.3 Å². The van der Waals surface area contributed by atoms with Gasteiger partial charge in [0, 0.05) is 17.1 Å². The second-order valence-electron chi connectivity index (χ2n) is 6.01. The number of anilines is 1. The van der Waals surface area contributed by atoms with E-state index in [0.717, 1.165) is 15.6 Å². The number of fused-ring (bicyclic) bond motifs is 3. The Bertz CT molecular complexity index is 1240. The van der Waals surface area contributed by atoms with Gasteiger partial charge in [-0.25, -0.2) is 18.9 Å². The minimum absolute atomic E-state index is 0.233. The second kappa shape index (κ2) is 7.03. The third-order valence-corrected chi connectivity index (χ3v) is 4.29. The summed E-state index contributed by atoms with van der Waals surface area (Å²) < 4.78 is 12.8. The lowest BCUT2D eigenvalue weighted by Gasteiger charge is -2.10. The number of aromatic nitrogens is 4. The Morgan fingerprint density at radius 3 is 2.68 bits per heavy atom. The highest BCUT2D eigenvalue weighted by Crippen LogP contribution is 2.29. The summed E-state index contributed by atoms with van der Waals surface area (Å²) in [5.41, 5.74) is 1.26. The molecule has 1 amide bonds. The van der Waals surface area contributed by atoms with E-state index >= 15 is 0 Å². The first kappa shape index (κ1) is 17.5. The molecular formula is C19H17N5O4. The molecule has 4 rings (SSSR count). The van der Waals surface area contributed by atoms with Crippen molar-refractivity contribution in [1.82, 2.24) is 19.2 Å². The van der Waals surface area contributed by atoms with E-state index in [0.29, 0.717) is 22.8 Å². The van der Waals surface area contributed by atoms with Gasteiger partial charge in [-0.1, -0.05) is 12.1 Å². The van der Waals surface area contributed by atoms with Crippen molar-refractivity contribution in [3.63, 3.8) is 0 Å². The zero-order chi connectivity index (χ0) is 19.7. The fraction of sp³-hybridized carbons (Fsp3) is 0.158. The SMILES string of the molecule is COc1ccc(NC(=O)Cn2nc3c4ccccc4ncn3c2=O)cc1OC. The van der Waals surface area contributed by atoms with E-state index in [9.17, 15) is 9.59 Å². The van der Waals surface area contributed by atoms with Gasteiger partial charge in [0.2, 0.25) is 5.91 Å². The number of ether oxygens (including phenoxy) is 2. The minimum atomic E-state index is -0.435. The van der Waals surface area contributed by atoms with Crippen molar-refractivity contribution in [1.29, 1.82) is 0 Å². The molecule has 0 unspecified atom stereocenters. The van der Waals surface area contributed by atoms with E-state index in [2.05, 4.69) is 15.4 Å². The highest BCUT2D eigenvalue weighted by molar-refractivity contribution is 5.92. The molecule has 9 heteroatoms. The smallest absolute Gasteiger partial charge is 0.352 e. The Balaban J connectivity index is 1.61. The van der Waals surface area contributed by atoms with Crippen LogP contribution in [0.25, 0.3) is 16.6 Å². The molecule has 0 aliphatic heterocycles. The lowest BCUT2D eigenvalue weighted by molar-refractivity contribution is -0.117. The maximum absolute atomic E-state index is 12.6. The Morgan fingerprint density at radius 1 is 1.11 bits per heavy atom. The summed E-state index contributed by atoms with van der Waals surface area (Å²) in [5.74, 6) is 0.647. The van der Waals surface area contributed by atoms with E-state index < -0.39 is 11.6 Å². The normalized spacial score (nSPS) is 10.9. The standard InChI is InChI=1S/C19H17N5O4/c1-27-15-8-7-12(9-16(15)28-2)21-17(25)10-24-19(26)23-11-20-14-6-4-3-5-13(14)18(23)22-24/h3-9,11H,10H2,1-2H3,(H,21,25). The molecule has 9 nitrogen and oxygen atoms in total. The van der Waals surface area contributed by atoms with Gasteiger partial charge < -0.3 is 14.8 Å². The Morgan fingerprint density at radius 2 is 1.89 bits per heavy atom. The molecule has 0 atom stereocenters. The van der Waals surface area contributed by atoms with Crippen LogP contribution in [-0.2, 0) is 11.3 Å². The van der Waals surface area contributed by atoms with Gasteiger partial charge in [-0.05, 0) is 24.3 Å². The first-order chi connectivity index (χ1) is 13.6. The molecule has 28 heavy (non-hydrogen) atoms. The summed E-state index contributed by atoms with van der Waals surface area (Å²) >= 11 is 0. The molecule has 1 N–H and O–H groups in total. The van der Waals surface area contributed by atoms with E-state index in [4.69, 9.17) is 9.47 Å². The molecule has 0 fully saturated rings.